The van der Waals surface area contributed by atoms with Crippen LogP contribution in [0.3, 0.4) is 0 Å². The van der Waals surface area contributed by atoms with Crippen molar-refractivity contribution in [1.82, 2.24) is 0 Å². The number of piperidine rings is 1. The lowest BCUT2D eigenvalue weighted by Gasteiger charge is -2.29. The van der Waals surface area contributed by atoms with Crippen LogP contribution in [0.4, 0.5) is 5.69 Å². The van der Waals surface area contributed by atoms with E-state index in [1.165, 1.54) is 0 Å². The number of hydrogen-bond donors (Lipinski definition) is 0. The molecule has 0 spiro atoms. The van der Waals surface area contributed by atoms with Crippen LogP contribution < -0.4 is 9.64 Å². The normalized spacial score (nSPS) is 16.3. The zero-order chi connectivity index (χ0) is 11.4. The predicted octanol–water partition coefficient (Wildman–Crippen LogP) is 2.25. The number of carbonyl (C=O) groups is 1. The Kier molecular flexibility index (Phi) is 3.44. The summed E-state index contributed by atoms with van der Waals surface area (Å²) in [5.41, 5.74) is 1.04. The molecule has 0 aromatic heterocycles. The topological polar surface area (TPSA) is 29.5 Å². The van der Waals surface area contributed by atoms with Gasteiger partial charge < -0.3 is 9.64 Å². The van der Waals surface area contributed by atoms with Gasteiger partial charge in [0.25, 0.3) is 0 Å². The Hall–Kier alpha value is -1.51. The fourth-order valence-electron chi connectivity index (χ4n) is 2.04. The van der Waals surface area contributed by atoms with Gasteiger partial charge in [0, 0.05) is 13.0 Å². The molecule has 1 fully saturated rings. The summed E-state index contributed by atoms with van der Waals surface area (Å²) in [5, 5.41) is 0. The molecule has 1 aliphatic heterocycles. The SMILES string of the molecule is CCOc1ccccc1N1CCCC(=O)C1. The van der Waals surface area contributed by atoms with Gasteiger partial charge >= 0.3 is 0 Å². The number of Topliss-reactive ketones (excluding diaryl/α,β-unsaturated/α-hetero) is 1. The maximum absolute atomic E-state index is 11.4. The maximum atomic E-state index is 11.4. The van der Waals surface area contributed by atoms with E-state index in [1.54, 1.807) is 0 Å². The van der Waals surface area contributed by atoms with Crippen molar-refractivity contribution < 1.29 is 9.53 Å². The molecule has 86 valence electrons. The minimum Gasteiger partial charge on any atom is -0.492 e. The highest BCUT2D eigenvalue weighted by atomic mass is 16.5. The standard InChI is InChI=1S/C13H17NO2/c1-2-16-13-8-4-3-7-12(13)14-9-5-6-11(15)10-14/h3-4,7-8H,2,5-6,9-10H2,1H3. The van der Waals surface area contributed by atoms with Crippen LogP contribution in [0, 0.1) is 0 Å². The number of nitrogens with zero attached hydrogens (tertiary/aromatic N) is 1. The largest absolute Gasteiger partial charge is 0.492 e. The molecule has 0 bridgehead atoms. The van der Waals surface area contributed by atoms with E-state index < -0.39 is 0 Å². The average molecular weight is 219 g/mol. The Morgan fingerprint density at radius 2 is 2.19 bits per heavy atom. The first-order valence-electron chi connectivity index (χ1n) is 5.79. The van der Waals surface area contributed by atoms with Gasteiger partial charge in [0.15, 0.2) is 5.78 Å². The molecule has 2 rings (SSSR count). The third-order valence-corrected chi connectivity index (χ3v) is 2.76. The van der Waals surface area contributed by atoms with Crippen molar-refractivity contribution in [3.05, 3.63) is 24.3 Å². The summed E-state index contributed by atoms with van der Waals surface area (Å²) < 4.78 is 5.57. The van der Waals surface area contributed by atoms with Crippen LogP contribution in [-0.4, -0.2) is 25.5 Å². The zero-order valence-electron chi connectivity index (χ0n) is 9.61. The van der Waals surface area contributed by atoms with E-state index >= 15 is 0 Å². The lowest BCUT2D eigenvalue weighted by Crippen LogP contribution is -2.35. The quantitative estimate of drug-likeness (QED) is 0.781. The van der Waals surface area contributed by atoms with Crippen LogP contribution in [0.5, 0.6) is 5.75 Å². The second-order valence-electron chi connectivity index (χ2n) is 3.96. The van der Waals surface area contributed by atoms with E-state index in [0.717, 1.165) is 24.4 Å². The number of para-hydroxylation sites is 2. The zero-order valence-corrected chi connectivity index (χ0v) is 9.61. The molecular weight excluding hydrogens is 202 g/mol. The number of anilines is 1. The van der Waals surface area contributed by atoms with E-state index in [4.69, 9.17) is 4.74 Å². The fraction of sp³-hybridized carbons (Fsp3) is 0.462. The molecule has 1 aromatic carbocycles. The van der Waals surface area contributed by atoms with Crippen LogP contribution in [0.1, 0.15) is 19.8 Å². The summed E-state index contributed by atoms with van der Waals surface area (Å²) >= 11 is 0. The average Bonchev–Trinajstić information content (AvgIpc) is 2.30. The van der Waals surface area contributed by atoms with Crippen molar-refractivity contribution in [3.63, 3.8) is 0 Å². The van der Waals surface area contributed by atoms with E-state index in [2.05, 4.69) is 4.90 Å². The van der Waals surface area contributed by atoms with Gasteiger partial charge in [0.05, 0.1) is 18.8 Å². The highest BCUT2D eigenvalue weighted by Gasteiger charge is 2.19. The smallest absolute Gasteiger partial charge is 0.152 e. The molecule has 0 atom stereocenters. The third-order valence-electron chi connectivity index (χ3n) is 2.76. The Morgan fingerprint density at radius 3 is 2.94 bits per heavy atom. The van der Waals surface area contributed by atoms with Crippen molar-refractivity contribution in [2.24, 2.45) is 0 Å². The minimum absolute atomic E-state index is 0.317. The summed E-state index contributed by atoms with van der Waals surface area (Å²) in [6, 6.07) is 7.92. The van der Waals surface area contributed by atoms with Crippen LogP contribution in [0.25, 0.3) is 0 Å². The lowest BCUT2D eigenvalue weighted by molar-refractivity contribution is -0.118. The lowest BCUT2D eigenvalue weighted by atomic mass is 10.1. The van der Waals surface area contributed by atoms with Crippen molar-refractivity contribution >= 4 is 11.5 Å². The Morgan fingerprint density at radius 1 is 1.38 bits per heavy atom. The van der Waals surface area contributed by atoms with Crippen molar-refractivity contribution in [3.8, 4) is 5.75 Å². The van der Waals surface area contributed by atoms with E-state index in [1.807, 2.05) is 31.2 Å². The molecule has 1 saturated heterocycles. The fourth-order valence-corrected chi connectivity index (χ4v) is 2.04. The van der Waals surface area contributed by atoms with Crippen LogP contribution >= 0.6 is 0 Å². The number of hydrogen-bond acceptors (Lipinski definition) is 3. The molecule has 1 aliphatic rings. The van der Waals surface area contributed by atoms with Gasteiger partial charge in [0.2, 0.25) is 0 Å². The molecule has 3 heteroatoms. The summed E-state index contributed by atoms with van der Waals surface area (Å²) in [6.07, 6.45) is 1.66. The second kappa shape index (κ2) is 5.01. The Balaban J connectivity index is 2.21. The highest BCUT2D eigenvalue weighted by molar-refractivity contribution is 5.85. The van der Waals surface area contributed by atoms with E-state index in [9.17, 15) is 4.79 Å². The number of ether oxygens (including phenoxy) is 1. The molecular formula is C13H17NO2. The molecule has 16 heavy (non-hydrogen) atoms. The minimum atomic E-state index is 0.317. The molecule has 1 aromatic rings. The number of carbonyl (C=O) groups excluding carboxylic acids is 1. The maximum Gasteiger partial charge on any atom is 0.152 e. The van der Waals surface area contributed by atoms with Gasteiger partial charge in [-0.3, -0.25) is 4.79 Å². The summed E-state index contributed by atoms with van der Waals surface area (Å²) in [4.78, 5) is 13.5. The van der Waals surface area contributed by atoms with Gasteiger partial charge in [-0.2, -0.15) is 0 Å². The van der Waals surface area contributed by atoms with E-state index in [-0.39, 0.29) is 0 Å². The second-order valence-corrected chi connectivity index (χ2v) is 3.96. The molecule has 1 heterocycles. The van der Waals surface area contributed by atoms with Crippen LogP contribution in [0.2, 0.25) is 0 Å². The summed E-state index contributed by atoms with van der Waals surface area (Å²) in [5.74, 6) is 1.19. The van der Waals surface area contributed by atoms with Gasteiger partial charge in [0.1, 0.15) is 5.75 Å². The first-order valence-corrected chi connectivity index (χ1v) is 5.79. The van der Waals surface area contributed by atoms with Crippen LogP contribution in [-0.2, 0) is 4.79 Å². The van der Waals surface area contributed by atoms with Crippen molar-refractivity contribution in [2.75, 3.05) is 24.6 Å². The van der Waals surface area contributed by atoms with Gasteiger partial charge in [-0.1, -0.05) is 12.1 Å². The molecule has 0 amide bonds. The summed E-state index contributed by atoms with van der Waals surface area (Å²) in [7, 11) is 0. The van der Waals surface area contributed by atoms with Crippen molar-refractivity contribution in [1.29, 1.82) is 0 Å². The predicted molar refractivity (Wildman–Crippen MR) is 64.1 cm³/mol. The molecule has 0 unspecified atom stereocenters. The van der Waals surface area contributed by atoms with Gasteiger partial charge in [-0.05, 0) is 25.5 Å². The highest BCUT2D eigenvalue weighted by Crippen LogP contribution is 2.29. The third kappa shape index (κ3) is 2.35. The molecule has 0 radical (unpaired) electrons. The van der Waals surface area contributed by atoms with Gasteiger partial charge in [-0.15, -0.1) is 0 Å². The Bertz CT molecular complexity index is 376. The van der Waals surface area contributed by atoms with E-state index in [0.29, 0.717) is 25.4 Å². The number of rotatable bonds is 3. The number of ketones is 1. The van der Waals surface area contributed by atoms with Gasteiger partial charge in [-0.25, -0.2) is 0 Å². The van der Waals surface area contributed by atoms with Crippen LogP contribution in [0.15, 0.2) is 24.3 Å². The molecule has 3 nitrogen and oxygen atoms in total. The Labute approximate surface area is 96.0 Å². The van der Waals surface area contributed by atoms with Crippen molar-refractivity contribution in [2.45, 2.75) is 19.8 Å². The summed E-state index contributed by atoms with van der Waals surface area (Å²) in [6.45, 7) is 4.08. The molecule has 0 N–H and O–H groups in total. The molecule has 0 saturated carbocycles. The first-order chi connectivity index (χ1) is 7.81. The number of benzene rings is 1. The first kappa shape index (κ1) is 11.0. The monoisotopic (exact) mass is 219 g/mol. The molecule has 0 aliphatic carbocycles.